The zero-order valence-electron chi connectivity index (χ0n) is 15.7. The monoisotopic (exact) mass is 368 g/mol. The highest BCUT2D eigenvalue weighted by Gasteiger charge is 2.21. The SMILES string of the molecule is COc1ccc2c(=O)n(CC3CCN(Cc4cc(C)on4)CC3)cnc2c1. The van der Waals surface area contributed by atoms with E-state index in [4.69, 9.17) is 9.26 Å². The molecular formula is C20H24N4O3. The first-order chi connectivity index (χ1) is 13.1. The number of ether oxygens (including phenoxy) is 1. The molecule has 7 heteroatoms. The van der Waals surface area contributed by atoms with Gasteiger partial charge in [0, 0.05) is 25.2 Å². The van der Waals surface area contributed by atoms with Gasteiger partial charge in [0.15, 0.2) is 0 Å². The normalized spacial score (nSPS) is 16.1. The van der Waals surface area contributed by atoms with Crippen molar-refractivity contribution in [1.29, 1.82) is 0 Å². The average molecular weight is 368 g/mol. The van der Waals surface area contributed by atoms with E-state index in [1.54, 1.807) is 36.2 Å². The highest BCUT2D eigenvalue weighted by atomic mass is 16.5. The van der Waals surface area contributed by atoms with Gasteiger partial charge in [-0.05, 0) is 50.9 Å². The van der Waals surface area contributed by atoms with Gasteiger partial charge in [0.1, 0.15) is 11.5 Å². The molecule has 0 amide bonds. The van der Waals surface area contributed by atoms with Crippen molar-refractivity contribution >= 4 is 10.9 Å². The van der Waals surface area contributed by atoms with Gasteiger partial charge in [-0.2, -0.15) is 0 Å². The van der Waals surface area contributed by atoms with Crippen LogP contribution in [0.5, 0.6) is 5.75 Å². The molecule has 142 valence electrons. The number of fused-ring (bicyclic) bond motifs is 1. The first kappa shape index (κ1) is 17.7. The number of nitrogens with zero attached hydrogens (tertiary/aromatic N) is 4. The molecule has 1 aromatic carbocycles. The Morgan fingerprint density at radius 3 is 2.78 bits per heavy atom. The molecule has 0 N–H and O–H groups in total. The number of benzene rings is 1. The van der Waals surface area contributed by atoms with Crippen LogP contribution in [0.2, 0.25) is 0 Å². The Labute approximate surface area is 157 Å². The van der Waals surface area contributed by atoms with E-state index in [0.29, 0.717) is 29.1 Å². The fraction of sp³-hybridized carbons (Fsp3) is 0.450. The van der Waals surface area contributed by atoms with Crippen molar-refractivity contribution in [3.63, 3.8) is 0 Å². The maximum absolute atomic E-state index is 12.8. The van der Waals surface area contributed by atoms with Gasteiger partial charge >= 0.3 is 0 Å². The number of likely N-dealkylation sites (tertiary alicyclic amines) is 1. The van der Waals surface area contributed by atoms with Gasteiger partial charge in [-0.1, -0.05) is 5.16 Å². The Kier molecular flexibility index (Phi) is 4.94. The molecule has 0 saturated carbocycles. The summed E-state index contributed by atoms with van der Waals surface area (Å²) in [6.45, 7) is 5.45. The molecule has 0 bridgehead atoms. The first-order valence-corrected chi connectivity index (χ1v) is 9.30. The summed E-state index contributed by atoms with van der Waals surface area (Å²) in [4.78, 5) is 19.6. The molecule has 0 spiro atoms. The number of aryl methyl sites for hydroxylation is 1. The van der Waals surface area contributed by atoms with Crippen LogP contribution in [0, 0.1) is 12.8 Å². The van der Waals surface area contributed by atoms with E-state index >= 15 is 0 Å². The summed E-state index contributed by atoms with van der Waals surface area (Å²) in [5.41, 5.74) is 1.67. The van der Waals surface area contributed by atoms with Gasteiger partial charge in [0.25, 0.3) is 5.56 Å². The zero-order valence-corrected chi connectivity index (χ0v) is 15.7. The van der Waals surface area contributed by atoms with Crippen molar-refractivity contribution in [2.24, 2.45) is 5.92 Å². The van der Waals surface area contributed by atoms with Crippen molar-refractivity contribution in [1.82, 2.24) is 19.6 Å². The third-order valence-electron chi connectivity index (χ3n) is 5.26. The Hall–Kier alpha value is -2.67. The molecule has 0 atom stereocenters. The second-order valence-electron chi connectivity index (χ2n) is 7.23. The van der Waals surface area contributed by atoms with Crippen LogP contribution < -0.4 is 10.3 Å². The minimum Gasteiger partial charge on any atom is -0.497 e. The number of piperidine rings is 1. The smallest absolute Gasteiger partial charge is 0.261 e. The van der Waals surface area contributed by atoms with E-state index < -0.39 is 0 Å². The van der Waals surface area contributed by atoms with Crippen LogP contribution in [0.1, 0.15) is 24.3 Å². The molecule has 0 radical (unpaired) electrons. The van der Waals surface area contributed by atoms with E-state index in [-0.39, 0.29) is 5.56 Å². The highest BCUT2D eigenvalue weighted by Crippen LogP contribution is 2.21. The number of hydrogen-bond donors (Lipinski definition) is 0. The van der Waals surface area contributed by atoms with Gasteiger partial charge < -0.3 is 9.26 Å². The number of aromatic nitrogens is 3. The lowest BCUT2D eigenvalue weighted by molar-refractivity contribution is 0.163. The molecule has 0 unspecified atom stereocenters. The summed E-state index contributed by atoms with van der Waals surface area (Å²) in [5.74, 6) is 2.04. The average Bonchev–Trinajstić information content (AvgIpc) is 3.10. The van der Waals surface area contributed by atoms with E-state index in [9.17, 15) is 4.79 Å². The van der Waals surface area contributed by atoms with Crippen LogP contribution in [0.25, 0.3) is 10.9 Å². The lowest BCUT2D eigenvalue weighted by atomic mass is 9.96. The Balaban J connectivity index is 1.40. The summed E-state index contributed by atoms with van der Waals surface area (Å²) in [6.07, 6.45) is 3.78. The van der Waals surface area contributed by atoms with E-state index in [0.717, 1.165) is 43.9 Å². The Morgan fingerprint density at radius 1 is 1.26 bits per heavy atom. The maximum atomic E-state index is 12.8. The predicted molar refractivity (Wildman–Crippen MR) is 102 cm³/mol. The summed E-state index contributed by atoms with van der Waals surface area (Å²) >= 11 is 0. The summed E-state index contributed by atoms with van der Waals surface area (Å²) in [6, 6.07) is 7.38. The fourth-order valence-corrected chi connectivity index (χ4v) is 3.72. The molecule has 2 aromatic heterocycles. The minimum atomic E-state index is 0.0168. The predicted octanol–water partition coefficient (Wildman–Crippen LogP) is 2.61. The van der Waals surface area contributed by atoms with E-state index in [1.165, 1.54) is 0 Å². The summed E-state index contributed by atoms with van der Waals surface area (Å²) in [7, 11) is 1.61. The molecule has 4 rings (SSSR count). The minimum absolute atomic E-state index is 0.0168. The van der Waals surface area contributed by atoms with Crippen LogP contribution in [-0.2, 0) is 13.1 Å². The largest absolute Gasteiger partial charge is 0.497 e. The van der Waals surface area contributed by atoms with E-state index in [2.05, 4.69) is 15.0 Å². The molecule has 7 nitrogen and oxygen atoms in total. The first-order valence-electron chi connectivity index (χ1n) is 9.30. The Bertz CT molecular complexity index is 986. The van der Waals surface area contributed by atoms with Crippen molar-refractivity contribution in [3.8, 4) is 5.75 Å². The molecule has 0 aliphatic carbocycles. The number of rotatable bonds is 5. The van der Waals surface area contributed by atoms with Gasteiger partial charge in [-0.15, -0.1) is 0 Å². The van der Waals surface area contributed by atoms with Crippen molar-refractivity contribution in [2.45, 2.75) is 32.9 Å². The number of hydrogen-bond acceptors (Lipinski definition) is 6. The third kappa shape index (κ3) is 3.88. The van der Waals surface area contributed by atoms with Crippen molar-refractivity contribution in [3.05, 3.63) is 52.4 Å². The summed E-state index contributed by atoms with van der Waals surface area (Å²) in [5, 5.41) is 4.71. The fourth-order valence-electron chi connectivity index (χ4n) is 3.72. The van der Waals surface area contributed by atoms with Crippen LogP contribution in [0.15, 0.2) is 39.9 Å². The number of methoxy groups -OCH3 is 1. The molecule has 3 aromatic rings. The third-order valence-corrected chi connectivity index (χ3v) is 5.26. The highest BCUT2D eigenvalue weighted by molar-refractivity contribution is 5.78. The van der Waals surface area contributed by atoms with Crippen LogP contribution in [0.4, 0.5) is 0 Å². The van der Waals surface area contributed by atoms with E-state index in [1.807, 2.05) is 13.0 Å². The maximum Gasteiger partial charge on any atom is 0.261 e. The van der Waals surface area contributed by atoms with Gasteiger partial charge in [-0.25, -0.2) is 4.98 Å². The second kappa shape index (κ2) is 7.52. The Morgan fingerprint density at radius 2 is 2.07 bits per heavy atom. The van der Waals surface area contributed by atoms with Crippen molar-refractivity contribution < 1.29 is 9.26 Å². The summed E-state index contributed by atoms with van der Waals surface area (Å²) < 4.78 is 12.1. The molecule has 3 heterocycles. The molecule has 1 fully saturated rings. The quantitative estimate of drug-likeness (QED) is 0.689. The second-order valence-corrected chi connectivity index (χ2v) is 7.23. The molecule has 27 heavy (non-hydrogen) atoms. The van der Waals surface area contributed by atoms with Gasteiger partial charge in [-0.3, -0.25) is 14.3 Å². The van der Waals surface area contributed by atoms with Gasteiger partial charge in [0.05, 0.1) is 30.0 Å². The molecular weight excluding hydrogens is 344 g/mol. The lowest BCUT2D eigenvalue weighted by Gasteiger charge is -2.31. The zero-order chi connectivity index (χ0) is 18.8. The molecule has 1 aliphatic heterocycles. The van der Waals surface area contributed by atoms with Crippen LogP contribution in [0.3, 0.4) is 0 Å². The van der Waals surface area contributed by atoms with Crippen LogP contribution >= 0.6 is 0 Å². The topological polar surface area (TPSA) is 73.4 Å². The van der Waals surface area contributed by atoms with Crippen LogP contribution in [-0.4, -0.2) is 39.8 Å². The van der Waals surface area contributed by atoms with Crippen molar-refractivity contribution in [2.75, 3.05) is 20.2 Å². The molecule has 1 aliphatic rings. The standard InChI is InChI=1S/C20H24N4O3/c1-14-9-16(22-27-14)12-23-7-5-15(6-8-23)11-24-13-21-19-10-17(26-2)3-4-18(19)20(24)25/h3-4,9-10,13,15H,5-8,11-12H2,1-2H3. The van der Waals surface area contributed by atoms with Gasteiger partial charge in [0.2, 0.25) is 0 Å². The molecule has 1 saturated heterocycles. The lowest BCUT2D eigenvalue weighted by Crippen LogP contribution is -2.36.